The van der Waals surface area contributed by atoms with Crippen LogP contribution in [-0.4, -0.2) is 57.6 Å². The highest BCUT2D eigenvalue weighted by molar-refractivity contribution is 5.84. The largest absolute Gasteiger partial charge is 0.383 e. The van der Waals surface area contributed by atoms with Gasteiger partial charge in [-0.2, -0.15) is 9.61 Å². The molecule has 2 N–H and O–H groups in total. The molecule has 3 heterocycles. The number of aromatic nitrogens is 3. The maximum Gasteiger partial charge on any atom is 0.269 e. The third-order valence-electron chi connectivity index (χ3n) is 6.26. The van der Waals surface area contributed by atoms with Crippen LogP contribution in [0.5, 0.6) is 0 Å². The molecule has 2 aromatic heterocycles. The third kappa shape index (κ3) is 3.76. The van der Waals surface area contributed by atoms with Gasteiger partial charge in [-0.25, -0.2) is 4.98 Å². The Morgan fingerprint density at radius 2 is 1.76 bits per heavy atom. The number of aryl methyl sites for hydroxylation is 1. The second kappa shape index (κ2) is 8.18. The lowest BCUT2D eigenvalue weighted by atomic mass is 10.0. The van der Waals surface area contributed by atoms with Gasteiger partial charge >= 0.3 is 0 Å². The van der Waals surface area contributed by atoms with E-state index in [9.17, 15) is 10.1 Å². The summed E-state index contributed by atoms with van der Waals surface area (Å²) in [5.41, 5.74) is 12.6. The van der Waals surface area contributed by atoms with Crippen molar-refractivity contribution < 1.29 is 4.92 Å². The van der Waals surface area contributed by atoms with Crippen molar-refractivity contribution in [1.29, 1.82) is 0 Å². The molecule has 0 spiro atoms. The van der Waals surface area contributed by atoms with Gasteiger partial charge in [-0.05, 0) is 49.4 Å². The molecule has 0 atom stereocenters. The van der Waals surface area contributed by atoms with E-state index in [1.807, 2.05) is 6.92 Å². The molecule has 168 valence electrons. The van der Waals surface area contributed by atoms with Crippen LogP contribution in [-0.2, 0) is 0 Å². The molecule has 1 fully saturated rings. The summed E-state index contributed by atoms with van der Waals surface area (Å²) < 4.78 is 1.64. The van der Waals surface area contributed by atoms with Crippen LogP contribution in [0.3, 0.4) is 0 Å². The summed E-state index contributed by atoms with van der Waals surface area (Å²) in [6.45, 7) is 5.98. The average molecular weight is 444 g/mol. The van der Waals surface area contributed by atoms with Crippen LogP contribution < -0.4 is 10.6 Å². The van der Waals surface area contributed by atoms with E-state index in [1.165, 1.54) is 17.8 Å². The van der Waals surface area contributed by atoms with Crippen LogP contribution in [0.25, 0.3) is 27.9 Å². The van der Waals surface area contributed by atoms with Crippen LogP contribution in [0.2, 0.25) is 0 Å². The molecular weight excluding hydrogens is 418 g/mol. The number of nitro groups is 1. The lowest BCUT2D eigenvalue weighted by molar-refractivity contribution is -0.384. The Morgan fingerprint density at radius 1 is 1.03 bits per heavy atom. The number of likely N-dealkylation sites (N-methyl/N-ethyl adjacent to an activating group) is 1. The predicted octanol–water partition coefficient (Wildman–Crippen LogP) is 3.61. The number of hydrogen-bond acceptors (Lipinski definition) is 7. The molecule has 9 heteroatoms. The summed E-state index contributed by atoms with van der Waals surface area (Å²) in [5, 5.41) is 15.5. The van der Waals surface area contributed by atoms with Gasteiger partial charge in [-0.1, -0.05) is 12.1 Å². The first-order chi connectivity index (χ1) is 15.9. The molecule has 1 aliphatic rings. The van der Waals surface area contributed by atoms with Gasteiger partial charge in [0.05, 0.1) is 16.8 Å². The number of nitrogens with two attached hydrogens (primary N) is 1. The summed E-state index contributed by atoms with van der Waals surface area (Å²) in [5.74, 6) is 0.452. The number of rotatable bonds is 4. The summed E-state index contributed by atoms with van der Waals surface area (Å²) in [6.07, 6.45) is 1.79. The van der Waals surface area contributed by atoms with E-state index in [4.69, 9.17) is 10.7 Å². The highest BCUT2D eigenvalue weighted by atomic mass is 16.6. The van der Waals surface area contributed by atoms with E-state index in [0.717, 1.165) is 54.1 Å². The fourth-order valence-electron chi connectivity index (χ4n) is 4.38. The number of hydrogen-bond donors (Lipinski definition) is 1. The molecule has 2 aromatic carbocycles. The summed E-state index contributed by atoms with van der Waals surface area (Å²) in [7, 11) is 2.15. The van der Waals surface area contributed by atoms with Gasteiger partial charge in [0.15, 0.2) is 5.65 Å². The molecule has 1 saturated heterocycles. The van der Waals surface area contributed by atoms with Crippen LogP contribution >= 0.6 is 0 Å². The number of piperazine rings is 1. The fraction of sp³-hybridized carbons (Fsp3) is 0.250. The number of nitrogen functional groups attached to an aromatic ring is 1. The Hall–Kier alpha value is -3.98. The first-order valence-corrected chi connectivity index (χ1v) is 10.8. The Kier molecular flexibility index (Phi) is 5.18. The summed E-state index contributed by atoms with van der Waals surface area (Å²) >= 11 is 0. The molecule has 0 unspecified atom stereocenters. The van der Waals surface area contributed by atoms with E-state index in [0.29, 0.717) is 11.5 Å². The minimum atomic E-state index is -0.419. The van der Waals surface area contributed by atoms with Crippen molar-refractivity contribution in [3.8, 4) is 22.3 Å². The monoisotopic (exact) mass is 443 g/mol. The molecule has 0 radical (unpaired) electrons. The highest BCUT2D eigenvalue weighted by Crippen LogP contribution is 2.34. The zero-order valence-corrected chi connectivity index (χ0v) is 18.6. The van der Waals surface area contributed by atoms with E-state index in [-0.39, 0.29) is 5.69 Å². The molecule has 33 heavy (non-hydrogen) atoms. The fourth-order valence-corrected chi connectivity index (χ4v) is 4.38. The number of anilines is 2. The van der Waals surface area contributed by atoms with Gasteiger partial charge in [0.1, 0.15) is 5.82 Å². The van der Waals surface area contributed by atoms with Crippen LogP contribution in [0.15, 0.2) is 54.7 Å². The van der Waals surface area contributed by atoms with Gasteiger partial charge in [-0.15, -0.1) is 0 Å². The minimum Gasteiger partial charge on any atom is -0.383 e. The van der Waals surface area contributed by atoms with Crippen molar-refractivity contribution in [1.82, 2.24) is 19.5 Å². The molecule has 1 aliphatic heterocycles. The Morgan fingerprint density at radius 3 is 2.45 bits per heavy atom. The van der Waals surface area contributed by atoms with Gasteiger partial charge in [0, 0.05) is 55.1 Å². The molecule has 9 nitrogen and oxygen atoms in total. The quantitative estimate of drug-likeness (QED) is 0.379. The first-order valence-electron chi connectivity index (χ1n) is 10.8. The van der Waals surface area contributed by atoms with Crippen LogP contribution in [0, 0.1) is 17.0 Å². The Balaban J connectivity index is 1.54. The minimum absolute atomic E-state index is 0.0330. The molecular formula is C24H25N7O2. The maximum atomic E-state index is 11.0. The molecule has 4 aromatic rings. The van der Waals surface area contributed by atoms with Gasteiger partial charge in [0.2, 0.25) is 0 Å². The first kappa shape index (κ1) is 20.9. The van der Waals surface area contributed by atoms with E-state index in [2.05, 4.69) is 46.2 Å². The van der Waals surface area contributed by atoms with E-state index < -0.39 is 4.92 Å². The van der Waals surface area contributed by atoms with Crippen molar-refractivity contribution in [2.45, 2.75) is 6.92 Å². The van der Waals surface area contributed by atoms with Crippen molar-refractivity contribution in [3.63, 3.8) is 0 Å². The standard InChI is InChI=1S/C24H25N7O2/c1-16-22(17-6-8-19(9-7-17)31(32)33)23(25)30-24(27-16)21(15-26-30)18-4-3-5-20(14-18)29-12-10-28(2)11-13-29/h3-9,14-15H,10-13,25H2,1-2H3. The van der Waals surface area contributed by atoms with Gasteiger partial charge in [0.25, 0.3) is 5.69 Å². The Labute approximate surface area is 191 Å². The predicted molar refractivity (Wildman–Crippen MR) is 129 cm³/mol. The van der Waals surface area contributed by atoms with Crippen molar-refractivity contribution >= 4 is 22.8 Å². The lowest BCUT2D eigenvalue weighted by Crippen LogP contribution is -2.44. The van der Waals surface area contributed by atoms with Gasteiger partial charge < -0.3 is 15.5 Å². The van der Waals surface area contributed by atoms with Crippen molar-refractivity contribution in [2.24, 2.45) is 0 Å². The van der Waals surface area contributed by atoms with Crippen LogP contribution in [0.4, 0.5) is 17.2 Å². The van der Waals surface area contributed by atoms with Crippen molar-refractivity contribution in [3.05, 3.63) is 70.5 Å². The molecule has 0 saturated carbocycles. The van der Waals surface area contributed by atoms with Crippen molar-refractivity contribution in [2.75, 3.05) is 43.9 Å². The zero-order valence-electron chi connectivity index (χ0n) is 18.6. The zero-order chi connectivity index (χ0) is 23.1. The summed E-state index contributed by atoms with van der Waals surface area (Å²) in [6, 6.07) is 14.8. The second-order valence-electron chi connectivity index (χ2n) is 8.40. The lowest BCUT2D eigenvalue weighted by Gasteiger charge is -2.34. The highest BCUT2D eigenvalue weighted by Gasteiger charge is 2.19. The number of non-ortho nitro benzene ring substituents is 1. The molecule has 0 bridgehead atoms. The number of fused-ring (bicyclic) bond motifs is 1. The smallest absolute Gasteiger partial charge is 0.269 e. The molecule has 5 rings (SSSR count). The second-order valence-corrected chi connectivity index (χ2v) is 8.40. The average Bonchev–Trinajstić information content (AvgIpc) is 3.24. The van der Waals surface area contributed by atoms with E-state index >= 15 is 0 Å². The third-order valence-corrected chi connectivity index (χ3v) is 6.26. The van der Waals surface area contributed by atoms with Crippen LogP contribution in [0.1, 0.15) is 5.69 Å². The molecule has 0 amide bonds. The maximum absolute atomic E-state index is 11.0. The number of nitro benzene ring substituents is 1. The molecule has 0 aliphatic carbocycles. The Bertz CT molecular complexity index is 1340. The normalized spacial score (nSPS) is 14.7. The van der Waals surface area contributed by atoms with E-state index in [1.54, 1.807) is 22.8 Å². The summed E-state index contributed by atoms with van der Waals surface area (Å²) in [4.78, 5) is 20.1. The SMILES string of the molecule is Cc1nc2c(-c3cccc(N4CCN(C)CC4)c3)cnn2c(N)c1-c1ccc([N+](=O)[O-])cc1. The number of nitrogens with zero attached hydrogens (tertiary/aromatic N) is 6. The van der Waals surface area contributed by atoms with Gasteiger partial charge in [-0.3, -0.25) is 10.1 Å². The topological polar surface area (TPSA) is 106 Å². The number of benzene rings is 2.